The van der Waals surface area contributed by atoms with Crippen LogP contribution in [0, 0.1) is 5.92 Å². The maximum atomic E-state index is 12.5. The summed E-state index contributed by atoms with van der Waals surface area (Å²) in [5.41, 5.74) is 2.38. The van der Waals surface area contributed by atoms with Crippen LogP contribution < -0.4 is 5.32 Å². The zero-order valence-corrected chi connectivity index (χ0v) is 19.4. The molecule has 0 saturated carbocycles. The lowest BCUT2D eigenvalue weighted by atomic mass is 9.88. The average Bonchev–Trinajstić information content (AvgIpc) is 3.18. The van der Waals surface area contributed by atoms with Gasteiger partial charge in [-0.1, -0.05) is 42.4 Å². The van der Waals surface area contributed by atoms with Gasteiger partial charge in [-0.25, -0.2) is 4.79 Å². The third-order valence-electron chi connectivity index (χ3n) is 5.16. The Hall–Kier alpha value is -2.28. The highest BCUT2D eigenvalue weighted by molar-refractivity contribution is 7.99. The van der Waals surface area contributed by atoms with Gasteiger partial charge in [-0.05, 0) is 67.1 Å². The Bertz CT molecular complexity index is 1090. The van der Waals surface area contributed by atoms with Crippen LogP contribution in [0.4, 0.5) is 5.69 Å². The Balaban J connectivity index is 1.36. The number of esters is 1. The highest BCUT2D eigenvalue weighted by Crippen LogP contribution is 2.34. The Kier molecular flexibility index (Phi) is 7.00. The molecule has 1 N–H and O–H groups in total. The lowest BCUT2D eigenvalue weighted by molar-refractivity contribution is -0.119. The van der Waals surface area contributed by atoms with Crippen molar-refractivity contribution in [1.82, 2.24) is 0 Å². The lowest BCUT2D eigenvalue weighted by Gasteiger charge is -2.18. The highest BCUT2D eigenvalue weighted by atomic mass is 35.5. The molecule has 0 bridgehead atoms. The molecule has 1 atom stereocenters. The molecule has 160 valence electrons. The Morgan fingerprint density at radius 1 is 1.19 bits per heavy atom. The van der Waals surface area contributed by atoms with Crippen molar-refractivity contribution >= 4 is 52.3 Å². The van der Waals surface area contributed by atoms with Crippen LogP contribution in [0.1, 0.15) is 34.1 Å². The number of rotatable bonds is 6. The van der Waals surface area contributed by atoms with E-state index < -0.39 is 5.97 Å². The van der Waals surface area contributed by atoms with Crippen molar-refractivity contribution in [3.05, 3.63) is 74.9 Å². The number of ether oxygens (including phenoxy) is 1. The molecule has 0 radical (unpaired) electrons. The third kappa shape index (κ3) is 5.50. The van der Waals surface area contributed by atoms with Crippen LogP contribution in [0.25, 0.3) is 0 Å². The van der Waals surface area contributed by atoms with Gasteiger partial charge >= 0.3 is 5.97 Å². The Labute approximate surface area is 195 Å². The number of thiophene rings is 1. The molecular formula is C24H22ClNO3S2. The van der Waals surface area contributed by atoms with Gasteiger partial charge in [0.1, 0.15) is 0 Å². The van der Waals surface area contributed by atoms with Gasteiger partial charge in [-0.2, -0.15) is 0 Å². The molecule has 0 aliphatic heterocycles. The quantitative estimate of drug-likeness (QED) is 0.418. The summed E-state index contributed by atoms with van der Waals surface area (Å²) < 4.78 is 5.32. The molecule has 2 aromatic carbocycles. The van der Waals surface area contributed by atoms with Gasteiger partial charge in [-0.15, -0.1) is 11.3 Å². The number of hydrogen-bond donors (Lipinski definition) is 1. The fourth-order valence-corrected chi connectivity index (χ4v) is 5.79. The zero-order valence-electron chi connectivity index (χ0n) is 17.0. The standard InChI is InChI=1S/C24H22ClNO3S2/c1-15-6-11-18-19(14-30-22(18)12-15)24(28)29-13-23(27)26-20-4-2-3-5-21(20)31-17-9-7-16(25)8-10-17/h2-5,7-10,14-15H,6,11-13H2,1H3,(H,26,27)/t15-/m1/s1. The van der Waals surface area contributed by atoms with Gasteiger partial charge < -0.3 is 10.1 Å². The minimum Gasteiger partial charge on any atom is -0.452 e. The summed E-state index contributed by atoms with van der Waals surface area (Å²) in [6, 6.07) is 15.0. The van der Waals surface area contributed by atoms with Crippen LogP contribution in [-0.2, 0) is 22.4 Å². The molecule has 0 saturated heterocycles. The summed E-state index contributed by atoms with van der Waals surface area (Å²) in [7, 11) is 0. The van der Waals surface area contributed by atoms with Crippen molar-refractivity contribution in [1.29, 1.82) is 0 Å². The van der Waals surface area contributed by atoms with Gasteiger partial charge in [0, 0.05) is 25.1 Å². The SMILES string of the molecule is C[C@@H]1CCc2c(C(=O)OCC(=O)Nc3ccccc3Sc3ccc(Cl)cc3)csc2C1. The molecule has 31 heavy (non-hydrogen) atoms. The van der Waals surface area contributed by atoms with Crippen LogP contribution >= 0.6 is 34.7 Å². The summed E-state index contributed by atoms with van der Waals surface area (Å²) in [6.07, 6.45) is 2.98. The van der Waals surface area contributed by atoms with E-state index in [2.05, 4.69) is 12.2 Å². The van der Waals surface area contributed by atoms with E-state index in [4.69, 9.17) is 16.3 Å². The van der Waals surface area contributed by atoms with Crippen molar-refractivity contribution < 1.29 is 14.3 Å². The molecule has 0 unspecified atom stereocenters. The number of para-hydroxylation sites is 1. The van der Waals surface area contributed by atoms with Crippen molar-refractivity contribution in [2.45, 2.75) is 36.0 Å². The van der Waals surface area contributed by atoms with E-state index in [1.165, 1.54) is 16.6 Å². The second-order valence-electron chi connectivity index (χ2n) is 7.58. The summed E-state index contributed by atoms with van der Waals surface area (Å²) in [5, 5.41) is 5.39. The van der Waals surface area contributed by atoms with Crippen LogP contribution in [0.15, 0.2) is 63.7 Å². The number of benzene rings is 2. The Morgan fingerprint density at radius 2 is 1.97 bits per heavy atom. The predicted octanol–water partition coefficient (Wildman–Crippen LogP) is 6.47. The number of halogens is 1. The summed E-state index contributed by atoms with van der Waals surface area (Å²) in [4.78, 5) is 28.2. The molecule has 1 amide bonds. The average molecular weight is 472 g/mol. The first-order chi connectivity index (χ1) is 15.0. The topological polar surface area (TPSA) is 55.4 Å². The minimum atomic E-state index is -0.425. The molecule has 0 spiro atoms. The largest absolute Gasteiger partial charge is 0.452 e. The molecule has 1 heterocycles. The van der Waals surface area contributed by atoms with Crippen molar-refractivity contribution in [3.8, 4) is 0 Å². The van der Waals surface area contributed by atoms with E-state index in [9.17, 15) is 9.59 Å². The van der Waals surface area contributed by atoms with Crippen molar-refractivity contribution in [2.24, 2.45) is 5.92 Å². The lowest BCUT2D eigenvalue weighted by Crippen LogP contribution is -2.22. The van der Waals surface area contributed by atoms with Crippen LogP contribution in [0.3, 0.4) is 0 Å². The first-order valence-corrected chi connectivity index (χ1v) is 12.2. The molecule has 0 fully saturated rings. The first-order valence-electron chi connectivity index (χ1n) is 10.1. The first kappa shape index (κ1) is 21.9. The normalized spacial score (nSPS) is 15.2. The van der Waals surface area contributed by atoms with E-state index in [1.807, 2.05) is 53.9 Å². The van der Waals surface area contributed by atoms with E-state index in [-0.39, 0.29) is 12.5 Å². The maximum absolute atomic E-state index is 12.5. The third-order valence-corrected chi connectivity index (χ3v) is 7.55. The number of carbonyl (C=O) groups excluding carboxylic acids is 2. The second-order valence-corrected chi connectivity index (χ2v) is 10.1. The van der Waals surface area contributed by atoms with Crippen LogP contribution in [0.2, 0.25) is 5.02 Å². The zero-order chi connectivity index (χ0) is 21.8. The van der Waals surface area contributed by atoms with Crippen LogP contribution in [-0.4, -0.2) is 18.5 Å². The van der Waals surface area contributed by atoms with Crippen molar-refractivity contribution in [2.75, 3.05) is 11.9 Å². The molecule has 7 heteroatoms. The molecule has 1 aromatic heterocycles. The molecule has 1 aliphatic carbocycles. The maximum Gasteiger partial charge on any atom is 0.339 e. The molecule has 1 aliphatic rings. The summed E-state index contributed by atoms with van der Waals surface area (Å²) >= 11 is 9.09. The van der Waals surface area contributed by atoms with E-state index in [0.29, 0.717) is 22.2 Å². The van der Waals surface area contributed by atoms with E-state index >= 15 is 0 Å². The number of amides is 1. The molecule has 4 rings (SSSR count). The number of fused-ring (bicyclic) bond motifs is 1. The summed E-state index contributed by atoms with van der Waals surface area (Å²) in [5.74, 6) is -0.145. The van der Waals surface area contributed by atoms with E-state index in [0.717, 1.165) is 34.6 Å². The smallest absolute Gasteiger partial charge is 0.339 e. The van der Waals surface area contributed by atoms with Crippen molar-refractivity contribution in [3.63, 3.8) is 0 Å². The number of nitrogens with one attached hydrogen (secondary N) is 1. The summed E-state index contributed by atoms with van der Waals surface area (Å²) in [6.45, 7) is 1.91. The molecule has 4 nitrogen and oxygen atoms in total. The van der Waals surface area contributed by atoms with Gasteiger partial charge in [0.05, 0.1) is 11.3 Å². The second kappa shape index (κ2) is 9.90. The Morgan fingerprint density at radius 3 is 2.77 bits per heavy atom. The highest BCUT2D eigenvalue weighted by Gasteiger charge is 2.24. The number of anilines is 1. The van der Waals surface area contributed by atoms with Gasteiger partial charge in [0.15, 0.2) is 6.61 Å². The minimum absolute atomic E-state index is 0.320. The van der Waals surface area contributed by atoms with E-state index in [1.54, 1.807) is 11.3 Å². The van der Waals surface area contributed by atoms with Gasteiger partial charge in [0.2, 0.25) is 0 Å². The monoisotopic (exact) mass is 471 g/mol. The number of hydrogen-bond acceptors (Lipinski definition) is 5. The molecule has 3 aromatic rings. The predicted molar refractivity (Wildman–Crippen MR) is 126 cm³/mol. The van der Waals surface area contributed by atoms with Gasteiger partial charge in [-0.3, -0.25) is 4.79 Å². The van der Waals surface area contributed by atoms with Gasteiger partial charge in [0.25, 0.3) is 5.91 Å². The fraction of sp³-hybridized carbons (Fsp3) is 0.250. The fourth-order valence-electron chi connectivity index (χ4n) is 3.53. The molecular weight excluding hydrogens is 450 g/mol. The van der Waals surface area contributed by atoms with Crippen LogP contribution in [0.5, 0.6) is 0 Å². The number of carbonyl (C=O) groups is 2.